The van der Waals surface area contributed by atoms with Crippen LogP contribution in [0.5, 0.6) is 0 Å². The van der Waals surface area contributed by atoms with Crippen molar-refractivity contribution in [2.24, 2.45) is 11.7 Å². The zero-order chi connectivity index (χ0) is 27.1. The molecule has 0 fully saturated rings. The van der Waals surface area contributed by atoms with Crippen molar-refractivity contribution in [2.45, 2.75) is 32.9 Å². The summed E-state index contributed by atoms with van der Waals surface area (Å²) in [6.45, 7) is 5.70. The molecule has 0 aliphatic heterocycles. The molecule has 0 spiro atoms. The van der Waals surface area contributed by atoms with E-state index in [1.807, 2.05) is 83.9 Å². The van der Waals surface area contributed by atoms with Gasteiger partial charge in [-0.25, -0.2) is 4.98 Å². The van der Waals surface area contributed by atoms with E-state index in [0.717, 1.165) is 22.6 Å². The standard InChI is InChI=1S/C31H32ClN5O/c1-22(2)29(37(16-8-15-33)31(38)25-11-4-3-5-12-25)30-35-28(26-13-7-14-27(32)18-26)21-36(30)20-24-10-6-9-23(17-24)19-34/h3-7,9-14,17-18,21-22,29H,8,15-16,20,33H2,1-2H3/t29-/m1/s1. The van der Waals surface area contributed by atoms with Crippen LogP contribution in [0.2, 0.25) is 5.02 Å². The van der Waals surface area contributed by atoms with Crippen LogP contribution in [-0.4, -0.2) is 33.4 Å². The fourth-order valence-corrected chi connectivity index (χ4v) is 4.88. The van der Waals surface area contributed by atoms with E-state index in [1.54, 1.807) is 6.07 Å². The first-order chi connectivity index (χ1) is 18.4. The maximum Gasteiger partial charge on any atom is 0.254 e. The first-order valence-corrected chi connectivity index (χ1v) is 13.2. The largest absolute Gasteiger partial charge is 0.330 e. The van der Waals surface area contributed by atoms with Crippen molar-refractivity contribution < 1.29 is 4.79 Å². The highest BCUT2D eigenvalue weighted by molar-refractivity contribution is 6.30. The Morgan fingerprint density at radius 3 is 2.53 bits per heavy atom. The van der Waals surface area contributed by atoms with Gasteiger partial charge in [0.1, 0.15) is 5.82 Å². The van der Waals surface area contributed by atoms with Crippen LogP contribution < -0.4 is 5.73 Å². The lowest BCUT2D eigenvalue weighted by Gasteiger charge is -2.34. The normalized spacial score (nSPS) is 11.8. The Hall–Kier alpha value is -3.92. The number of hydrogen-bond donors (Lipinski definition) is 1. The van der Waals surface area contributed by atoms with Crippen LogP contribution in [0.4, 0.5) is 0 Å². The number of nitrogens with zero attached hydrogens (tertiary/aromatic N) is 4. The lowest BCUT2D eigenvalue weighted by atomic mass is 9.99. The molecule has 0 saturated carbocycles. The Balaban J connectivity index is 1.84. The molecule has 0 aliphatic rings. The van der Waals surface area contributed by atoms with Crippen molar-refractivity contribution in [2.75, 3.05) is 13.1 Å². The Morgan fingerprint density at radius 1 is 1.08 bits per heavy atom. The third-order valence-electron chi connectivity index (χ3n) is 6.45. The van der Waals surface area contributed by atoms with Gasteiger partial charge in [0.15, 0.2) is 0 Å². The molecule has 1 aromatic heterocycles. The van der Waals surface area contributed by atoms with E-state index in [4.69, 9.17) is 22.3 Å². The summed E-state index contributed by atoms with van der Waals surface area (Å²) in [6, 6.07) is 26.4. The molecule has 7 heteroatoms. The Labute approximate surface area is 229 Å². The van der Waals surface area contributed by atoms with Crippen molar-refractivity contribution in [3.63, 3.8) is 0 Å². The molecule has 0 radical (unpaired) electrons. The minimum Gasteiger partial charge on any atom is -0.330 e. The molecule has 38 heavy (non-hydrogen) atoms. The molecular formula is C31H32ClN5O. The predicted molar refractivity (Wildman–Crippen MR) is 152 cm³/mol. The molecule has 0 bridgehead atoms. The average Bonchev–Trinajstić information content (AvgIpc) is 3.33. The van der Waals surface area contributed by atoms with E-state index in [0.29, 0.717) is 42.2 Å². The van der Waals surface area contributed by atoms with Gasteiger partial charge in [-0.2, -0.15) is 5.26 Å². The van der Waals surface area contributed by atoms with Crippen molar-refractivity contribution in [3.05, 3.63) is 113 Å². The molecule has 3 aromatic carbocycles. The summed E-state index contributed by atoms with van der Waals surface area (Å²) in [6.07, 6.45) is 2.68. The van der Waals surface area contributed by atoms with E-state index >= 15 is 0 Å². The minimum atomic E-state index is -0.304. The van der Waals surface area contributed by atoms with Crippen molar-refractivity contribution >= 4 is 17.5 Å². The molecular weight excluding hydrogens is 494 g/mol. The Kier molecular flexibility index (Phi) is 8.96. The quantitative estimate of drug-likeness (QED) is 0.263. The van der Waals surface area contributed by atoms with E-state index in [-0.39, 0.29) is 17.9 Å². The molecule has 4 aromatic rings. The number of aromatic nitrogens is 2. The van der Waals surface area contributed by atoms with Crippen LogP contribution in [0.25, 0.3) is 11.3 Å². The maximum absolute atomic E-state index is 13.8. The van der Waals surface area contributed by atoms with Gasteiger partial charge >= 0.3 is 0 Å². The van der Waals surface area contributed by atoms with Crippen LogP contribution >= 0.6 is 11.6 Å². The van der Waals surface area contributed by atoms with Crippen LogP contribution in [0.1, 0.15) is 53.6 Å². The van der Waals surface area contributed by atoms with Crippen LogP contribution in [0.3, 0.4) is 0 Å². The summed E-state index contributed by atoms with van der Waals surface area (Å²) in [7, 11) is 0. The fraction of sp³-hybridized carbons (Fsp3) is 0.258. The summed E-state index contributed by atoms with van der Waals surface area (Å²) in [5, 5.41) is 10.0. The number of rotatable bonds is 10. The van der Waals surface area contributed by atoms with E-state index < -0.39 is 0 Å². The highest BCUT2D eigenvalue weighted by atomic mass is 35.5. The second-order valence-electron chi connectivity index (χ2n) is 9.63. The molecule has 2 N–H and O–H groups in total. The van der Waals surface area contributed by atoms with Gasteiger partial charge in [-0.15, -0.1) is 0 Å². The number of nitriles is 1. The van der Waals surface area contributed by atoms with Gasteiger partial charge in [0.25, 0.3) is 5.91 Å². The number of benzene rings is 3. The predicted octanol–water partition coefficient (Wildman–Crippen LogP) is 6.31. The minimum absolute atomic E-state index is 0.0527. The Morgan fingerprint density at radius 2 is 1.84 bits per heavy atom. The molecule has 0 unspecified atom stereocenters. The molecule has 0 saturated heterocycles. The van der Waals surface area contributed by atoms with Gasteiger partial charge in [-0.05, 0) is 60.8 Å². The number of amides is 1. The summed E-state index contributed by atoms with van der Waals surface area (Å²) in [4.78, 5) is 20.8. The SMILES string of the molecule is CC(C)[C@H](c1nc(-c2cccc(Cl)c2)cn1Cc1cccc(C#N)c1)N(CCCN)C(=O)c1ccccc1. The second-order valence-corrected chi connectivity index (χ2v) is 10.1. The second kappa shape index (κ2) is 12.6. The highest BCUT2D eigenvalue weighted by Gasteiger charge is 2.32. The number of nitrogens with two attached hydrogens (primary N) is 1. The summed E-state index contributed by atoms with van der Waals surface area (Å²) >= 11 is 6.30. The van der Waals surface area contributed by atoms with Crippen LogP contribution in [0, 0.1) is 17.2 Å². The van der Waals surface area contributed by atoms with E-state index in [9.17, 15) is 10.1 Å². The number of halogens is 1. The van der Waals surface area contributed by atoms with E-state index in [2.05, 4.69) is 24.5 Å². The maximum atomic E-state index is 13.8. The van der Waals surface area contributed by atoms with Gasteiger partial charge in [0.2, 0.25) is 0 Å². The van der Waals surface area contributed by atoms with Gasteiger partial charge in [-0.3, -0.25) is 4.79 Å². The number of imidazole rings is 1. The molecule has 1 amide bonds. The van der Waals surface area contributed by atoms with Gasteiger partial charge < -0.3 is 15.2 Å². The van der Waals surface area contributed by atoms with Crippen molar-refractivity contribution in [3.8, 4) is 17.3 Å². The smallest absolute Gasteiger partial charge is 0.254 e. The first-order valence-electron chi connectivity index (χ1n) is 12.8. The van der Waals surface area contributed by atoms with Crippen molar-refractivity contribution in [1.29, 1.82) is 5.26 Å². The number of carbonyl (C=O) groups is 1. The molecule has 1 heterocycles. The summed E-state index contributed by atoms with van der Waals surface area (Å²) in [5.74, 6) is 0.793. The average molecular weight is 526 g/mol. The first kappa shape index (κ1) is 27.1. The number of hydrogen-bond acceptors (Lipinski definition) is 4. The third kappa shape index (κ3) is 6.31. The Bertz CT molecular complexity index is 1420. The van der Waals surface area contributed by atoms with Crippen LogP contribution in [-0.2, 0) is 6.54 Å². The molecule has 194 valence electrons. The fourth-order valence-electron chi connectivity index (χ4n) is 4.69. The topological polar surface area (TPSA) is 87.9 Å². The van der Waals surface area contributed by atoms with E-state index in [1.165, 1.54) is 0 Å². The van der Waals surface area contributed by atoms with Gasteiger partial charge in [-0.1, -0.05) is 67.9 Å². The third-order valence-corrected chi connectivity index (χ3v) is 6.69. The molecule has 0 aliphatic carbocycles. The lowest BCUT2D eigenvalue weighted by molar-refractivity contribution is 0.0604. The van der Waals surface area contributed by atoms with Gasteiger partial charge in [0.05, 0.1) is 23.4 Å². The highest BCUT2D eigenvalue weighted by Crippen LogP contribution is 2.33. The molecule has 4 rings (SSSR count). The van der Waals surface area contributed by atoms with Gasteiger partial charge in [0, 0.05) is 35.4 Å². The van der Waals surface area contributed by atoms with Crippen LogP contribution in [0.15, 0.2) is 85.1 Å². The molecule has 6 nitrogen and oxygen atoms in total. The lowest BCUT2D eigenvalue weighted by Crippen LogP contribution is -2.40. The zero-order valence-electron chi connectivity index (χ0n) is 21.7. The molecule has 1 atom stereocenters. The summed E-state index contributed by atoms with van der Waals surface area (Å²) < 4.78 is 2.09. The van der Waals surface area contributed by atoms with Crippen molar-refractivity contribution in [1.82, 2.24) is 14.5 Å². The zero-order valence-corrected chi connectivity index (χ0v) is 22.5. The monoisotopic (exact) mass is 525 g/mol. The summed E-state index contributed by atoms with van der Waals surface area (Å²) in [5.41, 5.74) is 9.76. The number of carbonyl (C=O) groups excluding carboxylic acids is 1.